The molecule has 26 heavy (non-hydrogen) atoms. The van der Waals surface area contributed by atoms with E-state index < -0.39 is 18.1 Å². The van der Waals surface area contributed by atoms with Crippen LogP contribution in [0.3, 0.4) is 0 Å². The van der Waals surface area contributed by atoms with Crippen molar-refractivity contribution in [1.29, 1.82) is 0 Å². The molecule has 1 aliphatic rings. The molecule has 2 heterocycles. The van der Waals surface area contributed by atoms with Crippen molar-refractivity contribution in [2.24, 2.45) is 5.73 Å². The molecular formula is C19H24N4O3. The quantitative estimate of drug-likeness (QED) is 0.741. The highest BCUT2D eigenvalue weighted by molar-refractivity contribution is 5.84. The minimum atomic E-state index is -0.661. The van der Waals surface area contributed by atoms with Gasteiger partial charge in [-0.1, -0.05) is 30.3 Å². The second-order valence-electron chi connectivity index (χ2n) is 6.44. The predicted molar refractivity (Wildman–Crippen MR) is 95.9 cm³/mol. The molecule has 7 nitrogen and oxygen atoms in total. The number of aromatic nitrogens is 2. The van der Waals surface area contributed by atoms with Gasteiger partial charge in [0.1, 0.15) is 18.0 Å². The second-order valence-corrected chi connectivity index (χ2v) is 6.44. The summed E-state index contributed by atoms with van der Waals surface area (Å²) in [6, 6.07) is 10.3. The average molecular weight is 356 g/mol. The molecule has 0 spiro atoms. The number of benzene rings is 1. The predicted octanol–water partition coefficient (Wildman–Crippen LogP) is 1.17. The Bertz CT molecular complexity index is 744. The summed E-state index contributed by atoms with van der Waals surface area (Å²) in [4.78, 5) is 27.6. The third kappa shape index (κ3) is 4.70. The number of nitrogens with two attached hydrogens (primary N) is 1. The summed E-state index contributed by atoms with van der Waals surface area (Å²) in [7, 11) is 0. The van der Waals surface area contributed by atoms with E-state index >= 15 is 0 Å². The summed E-state index contributed by atoms with van der Waals surface area (Å²) >= 11 is 0. The third-order valence-corrected chi connectivity index (χ3v) is 4.56. The van der Waals surface area contributed by atoms with Crippen molar-refractivity contribution in [1.82, 2.24) is 14.9 Å². The first-order valence-corrected chi connectivity index (χ1v) is 8.90. The van der Waals surface area contributed by atoms with Crippen molar-refractivity contribution in [2.75, 3.05) is 0 Å². The lowest BCUT2D eigenvalue weighted by molar-refractivity contribution is -0.137. The van der Waals surface area contributed by atoms with Crippen LogP contribution in [0.25, 0.3) is 0 Å². The lowest BCUT2D eigenvalue weighted by Crippen LogP contribution is -2.36. The van der Waals surface area contributed by atoms with Gasteiger partial charge in [-0.05, 0) is 31.2 Å². The van der Waals surface area contributed by atoms with Crippen LogP contribution in [0.1, 0.15) is 30.7 Å². The number of hydrogen-bond acceptors (Lipinski definition) is 4. The number of ether oxygens (including phenoxy) is 1. The molecule has 0 aliphatic carbocycles. The van der Waals surface area contributed by atoms with Crippen LogP contribution in [0.5, 0.6) is 0 Å². The van der Waals surface area contributed by atoms with Crippen LogP contribution in [0.15, 0.2) is 42.7 Å². The van der Waals surface area contributed by atoms with E-state index in [2.05, 4.69) is 22.4 Å². The molecular weight excluding hydrogens is 332 g/mol. The number of carbonyl (C=O) groups is 2. The van der Waals surface area contributed by atoms with E-state index in [1.165, 1.54) is 5.56 Å². The summed E-state index contributed by atoms with van der Waals surface area (Å²) in [6.07, 6.45) is 5.36. The second kappa shape index (κ2) is 8.62. The highest BCUT2D eigenvalue weighted by atomic mass is 16.5. The topological polar surface area (TPSA) is 99.2 Å². The van der Waals surface area contributed by atoms with Crippen LogP contribution in [-0.4, -0.2) is 33.6 Å². The van der Waals surface area contributed by atoms with Gasteiger partial charge in [0.15, 0.2) is 0 Å². The summed E-state index contributed by atoms with van der Waals surface area (Å²) < 4.78 is 7.43. The molecule has 2 aromatic rings. The smallest absolute Gasteiger partial charge is 0.249 e. The molecule has 2 atom stereocenters. The van der Waals surface area contributed by atoms with Crippen molar-refractivity contribution in [3.63, 3.8) is 0 Å². The zero-order chi connectivity index (χ0) is 18.4. The molecule has 2 unspecified atom stereocenters. The Labute approximate surface area is 152 Å². The molecule has 1 fully saturated rings. The number of nitrogens with one attached hydrogen (secondary N) is 1. The van der Waals surface area contributed by atoms with Crippen LogP contribution in [0.2, 0.25) is 0 Å². The third-order valence-electron chi connectivity index (χ3n) is 4.56. The molecule has 1 aromatic carbocycles. The lowest BCUT2D eigenvalue weighted by Gasteiger charge is -2.13. The molecule has 2 amide bonds. The maximum Gasteiger partial charge on any atom is 0.249 e. The Morgan fingerprint density at radius 1 is 1.23 bits per heavy atom. The van der Waals surface area contributed by atoms with Crippen molar-refractivity contribution < 1.29 is 14.3 Å². The van der Waals surface area contributed by atoms with Crippen LogP contribution in [0.4, 0.5) is 0 Å². The first kappa shape index (κ1) is 18.1. The zero-order valence-electron chi connectivity index (χ0n) is 14.6. The monoisotopic (exact) mass is 356 g/mol. The van der Waals surface area contributed by atoms with Crippen molar-refractivity contribution >= 4 is 11.8 Å². The number of rotatable bonds is 8. The standard InChI is InChI=1S/C19H24N4O3/c20-18(24)15-8-9-16(26-15)19(25)22-13-17-21-10-12-23(17)11-4-7-14-5-2-1-3-6-14/h1-3,5-6,10,12,15-16H,4,7-9,11,13H2,(H2,20,24)(H,22,25). The number of aryl methyl sites for hydroxylation is 2. The summed E-state index contributed by atoms with van der Waals surface area (Å²) in [5, 5.41) is 2.84. The molecule has 3 N–H and O–H groups in total. The van der Waals surface area contributed by atoms with E-state index in [1.54, 1.807) is 6.20 Å². The Kier molecular flexibility index (Phi) is 6.01. The number of amides is 2. The minimum absolute atomic E-state index is 0.229. The van der Waals surface area contributed by atoms with E-state index in [0.717, 1.165) is 25.2 Å². The van der Waals surface area contributed by atoms with E-state index in [-0.39, 0.29) is 5.91 Å². The number of nitrogens with zero attached hydrogens (tertiary/aromatic N) is 2. The Balaban J connectivity index is 1.45. The maximum absolute atomic E-state index is 12.2. The van der Waals surface area contributed by atoms with Gasteiger partial charge >= 0.3 is 0 Å². The number of hydrogen-bond donors (Lipinski definition) is 2. The maximum atomic E-state index is 12.2. The Morgan fingerprint density at radius 3 is 2.73 bits per heavy atom. The van der Waals surface area contributed by atoms with Crippen LogP contribution < -0.4 is 11.1 Å². The van der Waals surface area contributed by atoms with Crippen LogP contribution in [0, 0.1) is 0 Å². The first-order valence-electron chi connectivity index (χ1n) is 8.90. The van der Waals surface area contributed by atoms with Gasteiger partial charge < -0.3 is 20.4 Å². The van der Waals surface area contributed by atoms with Gasteiger partial charge in [0.05, 0.1) is 6.54 Å². The van der Waals surface area contributed by atoms with Crippen LogP contribution in [-0.2, 0) is 33.8 Å². The van der Waals surface area contributed by atoms with Gasteiger partial charge in [0, 0.05) is 18.9 Å². The van der Waals surface area contributed by atoms with Gasteiger partial charge in [0.2, 0.25) is 11.8 Å². The Morgan fingerprint density at radius 2 is 2.00 bits per heavy atom. The van der Waals surface area contributed by atoms with Crippen molar-refractivity contribution in [3.05, 3.63) is 54.1 Å². The molecule has 138 valence electrons. The number of imidazole rings is 1. The van der Waals surface area contributed by atoms with Gasteiger partial charge in [-0.2, -0.15) is 0 Å². The van der Waals surface area contributed by atoms with Gasteiger partial charge in [0.25, 0.3) is 0 Å². The SMILES string of the molecule is NC(=O)C1CCC(C(=O)NCc2nccn2CCCc2ccccc2)O1. The molecule has 1 saturated heterocycles. The molecule has 0 bridgehead atoms. The number of primary amides is 1. The largest absolute Gasteiger partial charge is 0.367 e. The molecule has 0 radical (unpaired) electrons. The highest BCUT2D eigenvalue weighted by Gasteiger charge is 2.33. The summed E-state index contributed by atoms with van der Waals surface area (Å²) in [6.45, 7) is 1.17. The normalized spacial score (nSPS) is 19.4. The van der Waals surface area contributed by atoms with E-state index in [0.29, 0.717) is 19.4 Å². The summed E-state index contributed by atoms with van der Waals surface area (Å²) in [5.41, 5.74) is 6.52. The molecule has 1 aliphatic heterocycles. The first-order chi connectivity index (χ1) is 12.6. The number of carbonyl (C=O) groups excluding carboxylic acids is 2. The van der Waals surface area contributed by atoms with E-state index in [1.807, 2.05) is 29.0 Å². The fourth-order valence-electron chi connectivity index (χ4n) is 3.13. The minimum Gasteiger partial charge on any atom is -0.367 e. The van der Waals surface area contributed by atoms with Gasteiger partial charge in [-0.3, -0.25) is 9.59 Å². The average Bonchev–Trinajstić information content (AvgIpc) is 3.30. The molecule has 1 aromatic heterocycles. The van der Waals surface area contributed by atoms with E-state index in [9.17, 15) is 9.59 Å². The fraction of sp³-hybridized carbons (Fsp3) is 0.421. The van der Waals surface area contributed by atoms with Crippen LogP contribution >= 0.6 is 0 Å². The van der Waals surface area contributed by atoms with E-state index in [4.69, 9.17) is 10.5 Å². The van der Waals surface area contributed by atoms with Crippen molar-refractivity contribution in [3.8, 4) is 0 Å². The molecule has 3 rings (SSSR count). The molecule has 7 heteroatoms. The van der Waals surface area contributed by atoms with Gasteiger partial charge in [-0.15, -0.1) is 0 Å². The summed E-state index contributed by atoms with van der Waals surface area (Å²) in [5.74, 6) is 0.0534. The zero-order valence-corrected chi connectivity index (χ0v) is 14.6. The highest BCUT2D eigenvalue weighted by Crippen LogP contribution is 2.19. The lowest BCUT2D eigenvalue weighted by atomic mass is 10.1. The van der Waals surface area contributed by atoms with Gasteiger partial charge in [-0.25, -0.2) is 4.98 Å². The fourth-order valence-corrected chi connectivity index (χ4v) is 3.13. The van der Waals surface area contributed by atoms with Crippen molar-refractivity contribution in [2.45, 2.75) is 51.0 Å². The molecule has 0 saturated carbocycles. The Hall–Kier alpha value is -2.67.